The van der Waals surface area contributed by atoms with Crippen LogP contribution in [0.5, 0.6) is 0 Å². The van der Waals surface area contributed by atoms with Gasteiger partial charge in [-0.1, -0.05) is 25.5 Å². The summed E-state index contributed by atoms with van der Waals surface area (Å²) in [6.45, 7) is 4.29. The number of ketones is 1. The van der Waals surface area contributed by atoms with Crippen molar-refractivity contribution in [2.75, 3.05) is 0 Å². The molecule has 3 saturated carbocycles. The molecule has 4 aliphatic rings. The van der Waals surface area contributed by atoms with Gasteiger partial charge in [-0.25, -0.2) is 19.9 Å². The minimum Gasteiger partial charge on any atom is -0.393 e. The van der Waals surface area contributed by atoms with Crippen LogP contribution in [0.1, 0.15) is 64.6 Å². The Morgan fingerprint density at radius 1 is 1.12 bits per heavy atom. The van der Waals surface area contributed by atoms with Crippen molar-refractivity contribution in [3.8, 4) is 0 Å². The molecule has 4 aliphatic carbocycles. The number of nitrogens with zero attached hydrogens (tertiary/aromatic N) is 4. The van der Waals surface area contributed by atoms with Crippen molar-refractivity contribution in [1.82, 2.24) is 15.0 Å². The molecule has 3 fully saturated rings. The predicted molar refractivity (Wildman–Crippen MR) is 152 cm³/mol. The fraction of sp³-hybridized carbons (Fsp3) is 0.562. The number of allylic oxidation sites excluding steroid dienone is 2. The molecule has 0 aliphatic heterocycles. The minimum atomic E-state index is -1.46. The quantitative estimate of drug-likeness (QED) is 0.455. The molecule has 0 saturated heterocycles. The lowest BCUT2D eigenvalue weighted by Gasteiger charge is -2.61. The van der Waals surface area contributed by atoms with Crippen LogP contribution >= 0.6 is 0 Å². The zero-order valence-corrected chi connectivity index (χ0v) is 23.3. The van der Waals surface area contributed by atoms with Crippen molar-refractivity contribution in [2.24, 2.45) is 39.5 Å². The van der Waals surface area contributed by atoms with Crippen molar-refractivity contribution < 1.29 is 15.0 Å². The summed E-state index contributed by atoms with van der Waals surface area (Å²) in [6.07, 6.45) is 12.8. The van der Waals surface area contributed by atoms with Gasteiger partial charge < -0.3 is 15.6 Å². The topological polar surface area (TPSA) is 132 Å². The average Bonchev–Trinajstić information content (AvgIpc) is 3.23. The molecule has 8 atom stereocenters. The molecule has 3 N–H and O–H groups in total. The van der Waals surface area contributed by atoms with E-state index in [9.17, 15) is 15.0 Å². The number of carbonyl (C=O) groups excluding carboxylic acids is 1. The largest absolute Gasteiger partial charge is 0.393 e. The third kappa shape index (κ3) is 4.18. The standard InChI is InChI=1S/C32H39N5O3/c1-30-17-20(19-33)24(37-28-6-3-4-13-36-28)16-21(30)7-8-22-23-11-12-32(40,31(23,2)18-25(38)29(22)30)26(39)9-10-27-34-14-5-15-35-27/h3-6,13-16,19-20,22-23,25,29,33,38,40H,7-12,17-18H2,1-2H3. The maximum atomic E-state index is 13.6. The smallest absolute Gasteiger partial charge is 0.165 e. The van der Waals surface area contributed by atoms with Gasteiger partial charge in [-0.2, -0.15) is 0 Å². The maximum absolute atomic E-state index is 13.6. The highest BCUT2D eigenvalue weighted by molar-refractivity contribution is 6.07. The van der Waals surface area contributed by atoms with Crippen LogP contribution in [0.2, 0.25) is 0 Å². The normalized spacial score (nSPS) is 39.5. The van der Waals surface area contributed by atoms with Gasteiger partial charge >= 0.3 is 0 Å². The van der Waals surface area contributed by atoms with E-state index >= 15 is 0 Å². The molecule has 2 aromatic heterocycles. The molecule has 8 nitrogen and oxygen atoms in total. The number of aromatic nitrogens is 3. The van der Waals surface area contributed by atoms with Crippen LogP contribution in [0, 0.1) is 39.9 Å². The van der Waals surface area contributed by atoms with Gasteiger partial charge in [0.25, 0.3) is 0 Å². The van der Waals surface area contributed by atoms with Crippen molar-refractivity contribution in [2.45, 2.75) is 76.9 Å². The number of hydrogen-bond donors (Lipinski definition) is 3. The second kappa shape index (κ2) is 10.1. The van der Waals surface area contributed by atoms with Crippen molar-refractivity contribution in [1.29, 1.82) is 5.41 Å². The fourth-order valence-electron chi connectivity index (χ4n) is 8.99. The van der Waals surface area contributed by atoms with Gasteiger partial charge in [0, 0.05) is 49.0 Å². The number of pyridine rings is 1. The van der Waals surface area contributed by atoms with Gasteiger partial charge in [0.1, 0.15) is 11.4 Å². The van der Waals surface area contributed by atoms with E-state index in [2.05, 4.69) is 28.0 Å². The van der Waals surface area contributed by atoms with Crippen LogP contribution in [0.25, 0.3) is 0 Å². The lowest BCUT2D eigenvalue weighted by Crippen LogP contribution is -2.62. The number of carbonyl (C=O) groups is 1. The van der Waals surface area contributed by atoms with Crippen molar-refractivity contribution in [3.05, 3.63) is 60.3 Å². The highest BCUT2D eigenvalue weighted by Crippen LogP contribution is 2.68. The Bertz CT molecular complexity index is 1350. The number of nitrogens with one attached hydrogen (secondary N) is 1. The lowest BCUT2D eigenvalue weighted by molar-refractivity contribution is -0.180. The maximum Gasteiger partial charge on any atom is 0.165 e. The summed E-state index contributed by atoms with van der Waals surface area (Å²) in [5.41, 5.74) is -0.262. The number of hydrogen-bond acceptors (Lipinski definition) is 8. The van der Waals surface area contributed by atoms with E-state index < -0.39 is 17.1 Å². The zero-order chi connectivity index (χ0) is 28.1. The van der Waals surface area contributed by atoms with E-state index in [4.69, 9.17) is 10.4 Å². The Balaban J connectivity index is 1.27. The molecule has 0 amide bonds. The molecular weight excluding hydrogens is 502 g/mol. The van der Waals surface area contributed by atoms with Crippen molar-refractivity contribution >= 4 is 23.5 Å². The van der Waals surface area contributed by atoms with E-state index in [-0.39, 0.29) is 41.3 Å². The minimum absolute atomic E-state index is 0.0135. The number of aliphatic hydroxyl groups is 2. The number of rotatable bonds is 6. The van der Waals surface area contributed by atoms with E-state index in [0.717, 1.165) is 31.4 Å². The van der Waals surface area contributed by atoms with Gasteiger partial charge in [0.05, 0.1) is 11.8 Å². The van der Waals surface area contributed by atoms with Crippen LogP contribution in [0.4, 0.5) is 5.82 Å². The summed E-state index contributed by atoms with van der Waals surface area (Å²) < 4.78 is 0. The van der Waals surface area contributed by atoms with Crippen LogP contribution in [-0.2, 0) is 11.2 Å². The SMILES string of the molecule is CC12CC(C=N)C(=Nc3ccccn3)C=C1CCC1C2C(O)CC2(C)C1CCC2(O)C(=O)CCc1ncccn1. The summed E-state index contributed by atoms with van der Waals surface area (Å²) in [4.78, 5) is 31.2. The first-order valence-electron chi connectivity index (χ1n) is 14.6. The van der Waals surface area contributed by atoms with Crippen LogP contribution in [0.3, 0.4) is 0 Å². The van der Waals surface area contributed by atoms with Crippen molar-refractivity contribution in [3.63, 3.8) is 0 Å². The van der Waals surface area contributed by atoms with E-state index in [0.29, 0.717) is 30.9 Å². The van der Waals surface area contributed by atoms with Crippen LogP contribution < -0.4 is 0 Å². The molecular formula is C32H39N5O3. The lowest BCUT2D eigenvalue weighted by atomic mass is 9.44. The monoisotopic (exact) mass is 541 g/mol. The number of aryl methyl sites for hydroxylation is 1. The number of Topliss-reactive ketones (excluding diaryl/α,β-unsaturated/α-hetero) is 1. The van der Waals surface area contributed by atoms with E-state index in [1.54, 1.807) is 24.7 Å². The Hall–Kier alpha value is -3.10. The molecule has 210 valence electrons. The summed E-state index contributed by atoms with van der Waals surface area (Å²) in [7, 11) is 0. The van der Waals surface area contributed by atoms with Gasteiger partial charge in [0.15, 0.2) is 11.6 Å². The van der Waals surface area contributed by atoms with Gasteiger partial charge in [-0.05, 0) is 86.0 Å². The molecule has 0 spiro atoms. The molecule has 8 unspecified atom stereocenters. The summed E-state index contributed by atoms with van der Waals surface area (Å²) in [5, 5.41) is 32.0. The van der Waals surface area contributed by atoms with Gasteiger partial charge in [0.2, 0.25) is 0 Å². The Labute approximate surface area is 235 Å². The van der Waals surface area contributed by atoms with Gasteiger partial charge in [-0.3, -0.25) is 4.79 Å². The fourth-order valence-corrected chi connectivity index (χ4v) is 8.99. The molecule has 0 radical (unpaired) electrons. The average molecular weight is 542 g/mol. The second-order valence-electron chi connectivity index (χ2n) is 12.8. The molecule has 8 heteroatoms. The summed E-state index contributed by atoms with van der Waals surface area (Å²) in [5.74, 6) is 1.30. The van der Waals surface area contributed by atoms with E-state index in [1.807, 2.05) is 25.1 Å². The first-order chi connectivity index (χ1) is 19.2. The molecule has 40 heavy (non-hydrogen) atoms. The molecule has 0 aromatic carbocycles. The molecule has 6 rings (SSSR count). The highest BCUT2D eigenvalue weighted by Gasteiger charge is 2.68. The number of aliphatic imine (C=N–C) groups is 1. The predicted octanol–water partition coefficient (Wildman–Crippen LogP) is 4.69. The van der Waals surface area contributed by atoms with Gasteiger partial charge in [-0.15, -0.1) is 0 Å². The second-order valence-corrected chi connectivity index (χ2v) is 12.8. The Morgan fingerprint density at radius 2 is 1.90 bits per heavy atom. The number of aliphatic hydroxyl groups excluding tert-OH is 1. The summed E-state index contributed by atoms with van der Waals surface area (Å²) in [6, 6.07) is 7.40. The zero-order valence-electron chi connectivity index (χ0n) is 23.3. The molecule has 2 heterocycles. The van der Waals surface area contributed by atoms with E-state index in [1.165, 1.54) is 11.8 Å². The molecule has 0 bridgehead atoms. The third-order valence-electron chi connectivity index (χ3n) is 10.9. The number of fused-ring (bicyclic) bond motifs is 5. The third-order valence-corrected chi connectivity index (χ3v) is 10.9. The Morgan fingerprint density at radius 3 is 2.62 bits per heavy atom. The first-order valence-corrected chi connectivity index (χ1v) is 14.6. The Kier molecular flexibility index (Phi) is 6.82. The highest BCUT2D eigenvalue weighted by atomic mass is 16.3. The molecule has 2 aromatic rings. The van der Waals surface area contributed by atoms with Crippen LogP contribution in [0.15, 0.2) is 59.5 Å². The summed E-state index contributed by atoms with van der Waals surface area (Å²) >= 11 is 0. The van der Waals surface area contributed by atoms with Crippen LogP contribution in [-0.4, -0.2) is 54.6 Å². The first kappa shape index (κ1) is 27.1.